The third-order valence-electron chi connectivity index (χ3n) is 6.80. The minimum absolute atomic E-state index is 0.263. The molecule has 0 heterocycles. The lowest BCUT2D eigenvalue weighted by Crippen LogP contribution is -2.21. The normalized spacial score (nSPS) is 14.0. The number of hydrogen-bond acceptors (Lipinski definition) is 3. The SMILES string of the molecule is C#CCC(/C=C\C(CC)C(/C=C\CN(C1=CCC#CC=C1)C1=CC(C)=CC=C=C1)=C/C)=C\C=C=CCC#N.C=C/C=C\C=C=CCNC=C. The van der Waals surface area contributed by atoms with Crippen molar-refractivity contribution in [2.24, 2.45) is 5.92 Å². The van der Waals surface area contributed by atoms with Crippen molar-refractivity contribution in [1.82, 2.24) is 10.2 Å². The molecular weight excluding hydrogens is 595 g/mol. The highest BCUT2D eigenvalue weighted by molar-refractivity contribution is 5.40. The second-order valence-corrected chi connectivity index (χ2v) is 10.4. The van der Waals surface area contributed by atoms with Gasteiger partial charge in [-0.05, 0) is 97.9 Å². The first kappa shape index (κ1) is 40.9. The lowest BCUT2D eigenvalue weighted by Gasteiger charge is -2.25. The molecule has 1 unspecified atom stereocenters. The van der Waals surface area contributed by atoms with Crippen LogP contribution in [0.2, 0.25) is 0 Å². The number of terminal acetylenes is 1. The van der Waals surface area contributed by atoms with E-state index in [2.05, 4.69) is 140 Å². The predicted molar refractivity (Wildman–Crippen MR) is 211 cm³/mol. The van der Waals surface area contributed by atoms with E-state index in [1.807, 2.05) is 54.7 Å². The van der Waals surface area contributed by atoms with Crippen molar-refractivity contribution in [1.29, 1.82) is 5.26 Å². The molecule has 3 nitrogen and oxygen atoms in total. The van der Waals surface area contributed by atoms with Crippen LogP contribution in [0, 0.1) is 41.4 Å². The fourth-order valence-corrected chi connectivity index (χ4v) is 4.35. The van der Waals surface area contributed by atoms with E-state index in [-0.39, 0.29) is 5.92 Å². The topological polar surface area (TPSA) is 39.1 Å². The summed E-state index contributed by atoms with van der Waals surface area (Å²) in [5.41, 5.74) is 14.9. The Hall–Kier alpha value is -6.09. The van der Waals surface area contributed by atoms with Gasteiger partial charge in [-0.2, -0.15) is 5.26 Å². The van der Waals surface area contributed by atoms with E-state index in [1.54, 1.807) is 18.4 Å². The molecule has 2 rings (SSSR count). The summed E-state index contributed by atoms with van der Waals surface area (Å²) in [5, 5.41) is 11.6. The molecule has 1 N–H and O–H groups in total. The van der Waals surface area contributed by atoms with Gasteiger partial charge in [-0.15, -0.1) is 29.5 Å². The van der Waals surface area contributed by atoms with Gasteiger partial charge in [0.25, 0.3) is 0 Å². The van der Waals surface area contributed by atoms with Gasteiger partial charge in [0.1, 0.15) is 0 Å². The molecule has 0 bridgehead atoms. The van der Waals surface area contributed by atoms with Crippen LogP contribution in [0.4, 0.5) is 0 Å². The Morgan fingerprint density at radius 2 is 2.00 bits per heavy atom. The molecule has 0 fully saturated rings. The minimum Gasteiger partial charge on any atom is -0.387 e. The highest BCUT2D eigenvalue weighted by Gasteiger charge is 2.12. The minimum atomic E-state index is 0.263. The molecule has 0 amide bonds. The zero-order chi connectivity index (χ0) is 35.8. The summed E-state index contributed by atoms with van der Waals surface area (Å²) in [6.45, 7) is 14.9. The van der Waals surface area contributed by atoms with Crippen molar-refractivity contribution in [2.45, 2.75) is 46.5 Å². The monoisotopic (exact) mass is 643 g/mol. The maximum Gasteiger partial charge on any atom is 0.0669 e. The molecule has 1 atom stereocenters. The Morgan fingerprint density at radius 3 is 2.73 bits per heavy atom. The molecule has 3 heteroatoms. The van der Waals surface area contributed by atoms with Gasteiger partial charge in [-0.3, -0.25) is 0 Å². The van der Waals surface area contributed by atoms with Crippen molar-refractivity contribution in [3.8, 4) is 30.3 Å². The lowest BCUT2D eigenvalue weighted by atomic mass is 9.94. The fraction of sp³-hybridized carbons (Fsp3) is 0.217. The maximum atomic E-state index is 8.64. The molecule has 0 spiro atoms. The maximum absolute atomic E-state index is 8.64. The summed E-state index contributed by atoms with van der Waals surface area (Å²) in [7, 11) is 0. The van der Waals surface area contributed by atoms with E-state index in [0.717, 1.165) is 36.4 Å². The van der Waals surface area contributed by atoms with E-state index < -0.39 is 0 Å². The third kappa shape index (κ3) is 19.2. The number of hydrogen-bond donors (Lipinski definition) is 1. The molecule has 0 aliphatic heterocycles. The average molecular weight is 644 g/mol. The number of nitrogens with zero attached hydrogens (tertiary/aromatic N) is 2. The van der Waals surface area contributed by atoms with Crippen LogP contribution in [0.25, 0.3) is 0 Å². The number of allylic oxidation sites excluding steroid dienone is 18. The Kier molecular flexibility index (Phi) is 23.5. The largest absolute Gasteiger partial charge is 0.387 e. The van der Waals surface area contributed by atoms with Gasteiger partial charge in [0.05, 0.1) is 12.5 Å². The molecule has 248 valence electrons. The van der Waals surface area contributed by atoms with Gasteiger partial charge in [-0.25, -0.2) is 0 Å². The Balaban J connectivity index is 0.000000933. The molecular formula is C46H49N3. The molecule has 0 saturated heterocycles. The van der Waals surface area contributed by atoms with Gasteiger partial charge >= 0.3 is 0 Å². The first-order chi connectivity index (χ1) is 24.0. The van der Waals surface area contributed by atoms with Crippen molar-refractivity contribution in [2.75, 3.05) is 13.1 Å². The van der Waals surface area contributed by atoms with Gasteiger partial charge in [-0.1, -0.05) is 92.7 Å². The standard InChI is InChI=1S/C36H36N2.C10H13N/c1-5-19-32(21-12-10-11-17-28-37)26-27-34(7-3)33(6-2)22-18-29-38(35-23-13-8-9-14-24-35)36-25-16-15-20-31(4)30-36;1-3-5-6-7-8-9-10-11-4-2/h1,6,11-13,15,18,20-27,30,34H,7,14,17,19,29H2,2-4H3;3-7,9,11H,1-2,10H2/b22-18-,27-26-,32-21+,33-6+;6-5-. The summed E-state index contributed by atoms with van der Waals surface area (Å²) >= 11 is 0. The zero-order valence-electron chi connectivity index (χ0n) is 29.3. The lowest BCUT2D eigenvalue weighted by molar-refractivity contribution is 0.501. The molecule has 49 heavy (non-hydrogen) atoms. The second kappa shape index (κ2) is 28.2. The highest BCUT2D eigenvalue weighted by Crippen LogP contribution is 2.23. The number of rotatable bonds is 17. The van der Waals surface area contributed by atoms with Crippen LogP contribution in [0.5, 0.6) is 0 Å². The molecule has 0 saturated carbocycles. The Labute approximate surface area is 296 Å². The average Bonchev–Trinajstić information content (AvgIpc) is 3.52. The first-order valence-electron chi connectivity index (χ1n) is 16.4. The predicted octanol–water partition coefficient (Wildman–Crippen LogP) is 10.5. The van der Waals surface area contributed by atoms with Crippen LogP contribution < -0.4 is 5.32 Å². The van der Waals surface area contributed by atoms with Crippen LogP contribution in [0.3, 0.4) is 0 Å². The molecule has 2 aliphatic rings. The quantitative estimate of drug-likeness (QED) is 0.0742. The molecule has 0 aromatic rings. The third-order valence-corrected chi connectivity index (χ3v) is 6.80. The summed E-state index contributed by atoms with van der Waals surface area (Å²) < 4.78 is 0. The highest BCUT2D eigenvalue weighted by atomic mass is 15.1. The molecule has 0 aromatic heterocycles. The van der Waals surface area contributed by atoms with Gasteiger partial charge in [0.15, 0.2) is 0 Å². The van der Waals surface area contributed by atoms with E-state index in [1.165, 1.54) is 11.1 Å². The van der Waals surface area contributed by atoms with Crippen LogP contribution in [-0.2, 0) is 0 Å². The first-order valence-corrected chi connectivity index (χ1v) is 16.4. The molecule has 2 aliphatic carbocycles. The van der Waals surface area contributed by atoms with Crippen LogP contribution >= 0.6 is 0 Å². The molecule has 0 aromatic carbocycles. The molecule has 0 radical (unpaired) electrons. The van der Waals surface area contributed by atoms with E-state index >= 15 is 0 Å². The van der Waals surface area contributed by atoms with Crippen molar-refractivity contribution < 1.29 is 0 Å². The van der Waals surface area contributed by atoms with E-state index in [0.29, 0.717) is 19.4 Å². The Morgan fingerprint density at radius 1 is 1.16 bits per heavy atom. The summed E-state index contributed by atoms with van der Waals surface area (Å²) in [6, 6.07) is 2.07. The number of nitrogens with one attached hydrogen (secondary N) is 1. The van der Waals surface area contributed by atoms with Gasteiger partial charge in [0, 0.05) is 49.3 Å². The van der Waals surface area contributed by atoms with Gasteiger partial charge < -0.3 is 10.2 Å². The number of nitriles is 1. The Bertz CT molecular complexity index is 1720. The zero-order valence-corrected chi connectivity index (χ0v) is 29.3. The van der Waals surface area contributed by atoms with Crippen molar-refractivity contribution in [3.63, 3.8) is 0 Å². The van der Waals surface area contributed by atoms with E-state index in [4.69, 9.17) is 11.7 Å². The summed E-state index contributed by atoms with van der Waals surface area (Å²) in [5.74, 6) is 9.20. The second-order valence-electron chi connectivity index (χ2n) is 10.4. The fourth-order valence-electron chi connectivity index (χ4n) is 4.35. The summed E-state index contributed by atoms with van der Waals surface area (Å²) in [6.07, 6.45) is 49.8. The van der Waals surface area contributed by atoms with Crippen molar-refractivity contribution >= 4 is 0 Å². The van der Waals surface area contributed by atoms with Crippen molar-refractivity contribution in [3.05, 3.63) is 186 Å². The van der Waals surface area contributed by atoms with Crippen LogP contribution in [0.1, 0.15) is 46.5 Å². The van der Waals surface area contributed by atoms with Crippen LogP contribution in [-0.4, -0.2) is 18.0 Å². The van der Waals surface area contributed by atoms with Crippen LogP contribution in [0.15, 0.2) is 186 Å². The van der Waals surface area contributed by atoms with E-state index in [9.17, 15) is 0 Å². The van der Waals surface area contributed by atoms with Gasteiger partial charge in [0.2, 0.25) is 0 Å². The smallest absolute Gasteiger partial charge is 0.0669 e. The summed E-state index contributed by atoms with van der Waals surface area (Å²) in [4.78, 5) is 2.29.